The molecule has 1 unspecified atom stereocenters. The van der Waals surface area contributed by atoms with E-state index in [-0.39, 0.29) is 17.9 Å². The molecule has 170 valence electrons. The molecule has 0 saturated heterocycles. The van der Waals surface area contributed by atoms with Crippen molar-refractivity contribution in [2.24, 2.45) is 11.7 Å². The number of hydrogen-bond acceptors (Lipinski definition) is 4. The number of benzene rings is 1. The average molecular weight is 435 g/mol. The standard InChI is InChI=1S/C26H34N4O2/c1-4-7-23-17(3)28-25(29-23)24-14-19-8-5-6-9-20(19)15-30(24)26(32)22(27)13-18-10-11-21(31)12-16(18)2/h5-6,8-11,16,22,24,31H,4,7,12-15,27H2,1-3H3,(H,28,29)/t16?,22-,24+/m0/s1. The van der Waals surface area contributed by atoms with Crippen LogP contribution in [0.1, 0.15) is 67.5 Å². The third-order valence-electron chi connectivity index (χ3n) is 6.75. The minimum Gasteiger partial charge on any atom is -0.512 e. The first kappa shape index (κ1) is 22.3. The van der Waals surface area contributed by atoms with Gasteiger partial charge in [-0.25, -0.2) is 4.98 Å². The molecule has 6 nitrogen and oxygen atoms in total. The lowest BCUT2D eigenvalue weighted by Crippen LogP contribution is -2.48. The average Bonchev–Trinajstić information content (AvgIpc) is 3.14. The van der Waals surface area contributed by atoms with E-state index in [0.29, 0.717) is 25.1 Å². The van der Waals surface area contributed by atoms with Gasteiger partial charge in [-0.15, -0.1) is 0 Å². The SMILES string of the molecule is CCCc1nc([C@H]2Cc3ccccc3CN2C(=O)[C@@H](N)CC2=CC=C(O)CC2C)[nH]c1C. The minimum absolute atomic E-state index is 0.0533. The fourth-order valence-electron chi connectivity index (χ4n) is 4.86. The van der Waals surface area contributed by atoms with Crippen LogP contribution < -0.4 is 5.73 Å². The number of nitrogens with zero attached hydrogens (tertiary/aromatic N) is 2. The summed E-state index contributed by atoms with van der Waals surface area (Å²) in [4.78, 5) is 23.9. The topological polar surface area (TPSA) is 95.2 Å². The Morgan fingerprint density at radius 2 is 2.03 bits per heavy atom. The Kier molecular flexibility index (Phi) is 6.51. The predicted octanol–water partition coefficient (Wildman–Crippen LogP) is 4.42. The van der Waals surface area contributed by atoms with Crippen LogP contribution in [-0.4, -0.2) is 31.9 Å². The first-order valence-electron chi connectivity index (χ1n) is 11.6. The Morgan fingerprint density at radius 1 is 1.28 bits per heavy atom. The summed E-state index contributed by atoms with van der Waals surface area (Å²) in [7, 11) is 0. The summed E-state index contributed by atoms with van der Waals surface area (Å²) in [5.74, 6) is 1.35. The number of hydrogen-bond donors (Lipinski definition) is 3. The summed E-state index contributed by atoms with van der Waals surface area (Å²) in [6.07, 6.45) is 7.39. The zero-order valence-electron chi connectivity index (χ0n) is 19.3. The highest BCUT2D eigenvalue weighted by molar-refractivity contribution is 5.82. The highest BCUT2D eigenvalue weighted by Gasteiger charge is 2.35. The maximum atomic E-state index is 13.6. The van der Waals surface area contributed by atoms with Crippen LogP contribution in [0.4, 0.5) is 0 Å². The van der Waals surface area contributed by atoms with Gasteiger partial charge in [-0.1, -0.05) is 56.2 Å². The molecule has 4 rings (SSSR count). The zero-order chi connectivity index (χ0) is 22.8. The number of carbonyl (C=O) groups is 1. The van der Waals surface area contributed by atoms with Crippen LogP contribution in [0.25, 0.3) is 0 Å². The summed E-state index contributed by atoms with van der Waals surface area (Å²) in [6, 6.07) is 7.51. The summed E-state index contributed by atoms with van der Waals surface area (Å²) >= 11 is 0. The lowest BCUT2D eigenvalue weighted by atomic mass is 9.87. The monoisotopic (exact) mass is 434 g/mol. The van der Waals surface area contributed by atoms with Crippen molar-refractivity contribution in [2.45, 2.75) is 71.5 Å². The third kappa shape index (κ3) is 4.51. The Balaban J connectivity index is 1.61. The van der Waals surface area contributed by atoms with Crippen LogP contribution >= 0.6 is 0 Å². The van der Waals surface area contributed by atoms with Crippen molar-refractivity contribution < 1.29 is 9.90 Å². The molecule has 1 aliphatic heterocycles. The van der Waals surface area contributed by atoms with Crippen LogP contribution in [0.2, 0.25) is 0 Å². The number of imidazole rings is 1. The number of fused-ring (bicyclic) bond motifs is 1. The third-order valence-corrected chi connectivity index (χ3v) is 6.75. The van der Waals surface area contributed by atoms with Crippen molar-refractivity contribution in [2.75, 3.05) is 0 Å². The van der Waals surface area contributed by atoms with Crippen molar-refractivity contribution in [1.82, 2.24) is 14.9 Å². The van der Waals surface area contributed by atoms with E-state index in [4.69, 9.17) is 10.7 Å². The van der Waals surface area contributed by atoms with Gasteiger partial charge in [-0.3, -0.25) is 4.79 Å². The first-order chi connectivity index (χ1) is 15.4. The number of amides is 1. The van der Waals surface area contributed by atoms with Crippen molar-refractivity contribution in [3.05, 3.63) is 76.1 Å². The second kappa shape index (κ2) is 9.33. The van der Waals surface area contributed by atoms with Gasteiger partial charge in [0.1, 0.15) is 5.82 Å². The number of aromatic amines is 1. The molecule has 2 aromatic rings. The normalized spacial score (nSPS) is 21.6. The van der Waals surface area contributed by atoms with Gasteiger partial charge in [-0.05, 0) is 42.9 Å². The number of nitrogens with two attached hydrogens (primary N) is 1. The molecule has 32 heavy (non-hydrogen) atoms. The van der Waals surface area contributed by atoms with Crippen molar-refractivity contribution >= 4 is 5.91 Å². The molecule has 0 fully saturated rings. The van der Waals surface area contributed by atoms with Crippen molar-refractivity contribution in [3.63, 3.8) is 0 Å². The van der Waals surface area contributed by atoms with Crippen LogP contribution in [0.15, 0.2) is 47.7 Å². The smallest absolute Gasteiger partial charge is 0.240 e. The van der Waals surface area contributed by atoms with Gasteiger partial charge in [0, 0.05) is 25.1 Å². The van der Waals surface area contributed by atoms with Gasteiger partial charge in [0.25, 0.3) is 0 Å². The molecule has 4 N–H and O–H groups in total. The summed E-state index contributed by atoms with van der Waals surface area (Å²) in [5, 5.41) is 9.76. The van der Waals surface area contributed by atoms with Crippen LogP contribution in [0.5, 0.6) is 0 Å². The fourth-order valence-corrected chi connectivity index (χ4v) is 4.86. The van der Waals surface area contributed by atoms with Gasteiger partial charge >= 0.3 is 0 Å². The number of aryl methyl sites for hydroxylation is 2. The summed E-state index contributed by atoms with van der Waals surface area (Å²) in [6.45, 7) is 6.80. The number of allylic oxidation sites excluding steroid dienone is 3. The van der Waals surface area contributed by atoms with E-state index in [9.17, 15) is 9.90 Å². The Labute approximate surface area is 190 Å². The number of aliphatic hydroxyl groups excluding tert-OH is 1. The van der Waals surface area contributed by atoms with Gasteiger partial charge in [0.15, 0.2) is 0 Å². The number of carbonyl (C=O) groups excluding carboxylic acids is 1. The highest BCUT2D eigenvalue weighted by atomic mass is 16.3. The van der Waals surface area contributed by atoms with Crippen molar-refractivity contribution in [1.29, 1.82) is 0 Å². The maximum absolute atomic E-state index is 13.6. The number of aromatic nitrogens is 2. The van der Waals surface area contributed by atoms with Crippen LogP contribution in [0, 0.1) is 12.8 Å². The van der Waals surface area contributed by atoms with Gasteiger partial charge in [0.2, 0.25) is 5.91 Å². The summed E-state index contributed by atoms with van der Waals surface area (Å²) < 4.78 is 0. The molecule has 1 amide bonds. The van der Waals surface area contributed by atoms with E-state index >= 15 is 0 Å². The summed E-state index contributed by atoms with van der Waals surface area (Å²) in [5.41, 5.74) is 12.2. The highest BCUT2D eigenvalue weighted by Crippen LogP contribution is 2.34. The fraction of sp³-hybridized carbons (Fsp3) is 0.462. The Morgan fingerprint density at radius 3 is 2.75 bits per heavy atom. The molecule has 1 aromatic carbocycles. The second-order valence-corrected chi connectivity index (χ2v) is 9.21. The Hall–Kier alpha value is -2.86. The molecule has 0 radical (unpaired) electrons. The van der Waals surface area contributed by atoms with Gasteiger partial charge in [-0.2, -0.15) is 0 Å². The van der Waals surface area contributed by atoms with Crippen LogP contribution in [-0.2, 0) is 24.2 Å². The molecule has 2 heterocycles. The van der Waals surface area contributed by atoms with Gasteiger partial charge < -0.3 is 20.7 Å². The Bertz CT molecular complexity index is 1050. The molecule has 6 heteroatoms. The van der Waals surface area contributed by atoms with E-state index in [0.717, 1.165) is 42.0 Å². The zero-order valence-corrected chi connectivity index (χ0v) is 19.3. The lowest BCUT2D eigenvalue weighted by Gasteiger charge is -2.37. The number of aliphatic hydroxyl groups is 1. The van der Waals surface area contributed by atoms with E-state index < -0.39 is 6.04 Å². The molecular formula is C26H34N4O2. The molecule has 3 atom stereocenters. The number of nitrogens with one attached hydrogen (secondary N) is 1. The second-order valence-electron chi connectivity index (χ2n) is 9.21. The number of H-pyrrole nitrogens is 1. The lowest BCUT2D eigenvalue weighted by molar-refractivity contribution is -0.136. The van der Waals surface area contributed by atoms with E-state index in [1.54, 1.807) is 6.08 Å². The van der Waals surface area contributed by atoms with E-state index in [1.165, 1.54) is 11.1 Å². The molecule has 1 aromatic heterocycles. The quantitative estimate of drug-likeness (QED) is 0.627. The molecule has 0 spiro atoms. The largest absolute Gasteiger partial charge is 0.512 e. The first-order valence-corrected chi connectivity index (χ1v) is 11.6. The molecule has 1 aliphatic carbocycles. The molecule has 0 bridgehead atoms. The van der Waals surface area contributed by atoms with Crippen LogP contribution in [0.3, 0.4) is 0 Å². The van der Waals surface area contributed by atoms with E-state index in [2.05, 4.69) is 44.0 Å². The van der Waals surface area contributed by atoms with Crippen molar-refractivity contribution in [3.8, 4) is 0 Å². The van der Waals surface area contributed by atoms with E-state index in [1.807, 2.05) is 17.0 Å². The van der Waals surface area contributed by atoms with Gasteiger partial charge in [0.05, 0.1) is 23.5 Å². The maximum Gasteiger partial charge on any atom is 0.240 e. The number of rotatable bonds is 6. The minimum atomic E-state index is -0.628. The molecular weight excluding hydrogens is 400 g/mol. The molecule has 0 saturated carbocycles. The molecule has 2 aliphatic rings. The predicted molar refractivity (Wildman–Crippen MR) is 126 cm³/mol.